The zero-order valence-electron chi connectivity index (χ0n) is 15.9. The summed E-state index contributed by atoms with van der Waals surface area (Å²) in [5.74, 6) is 0.616. The van der Waals surface area contributed by atoms with Gasteiger partial charge in [0.1, 0.15) is 0 Å². The summed E-state index contributed by atoms with van der Waals surface area (Å²) in [4.78, 5) is 31.8. The van der Waals surface area contributed by atoms with Crippen molar-refractivity contribution in [3.8, 4) is 0 Å². The van der Waals surface area contributed by atoms with E-state index in [4.69, 9.17) is 4.74 Å². The molecule has 2 aromatic rings. The highest BCUT2D eigenvalue weighted by atomic mass is 16.5. The Morgan fingerprint density at radius 3 is 2.59 bits per heavy atom. The molecule has 0 spiro atoms. The Bertz CT molecular complexity index is 936. The van der Waals surface area contributed by atoms with E-state index in [1.54, 1.807) is 17.7 Å². The van der Waals surface area contributed by atoms with E-state index in [-0.39, 0.29) is 13.2 Å². The first-order valence-corrected chi connectivity index (χ1v) is 9.23. The fraction of sp³-hybridized carbons (Fsp3) is 0.611. The van der Waals surface area contributed by atoms with E-state index >= 15 is 0 Å². The van der Waals surface area contributed by atoms with Crippen LogP contribution in [0.25, 0.3) is 11.2 Å². The topological polar surface area (TPSA) is 94.5 Å². The van der Waals surface area contributed by atoms with Crippen LogP contribution in [0.1, 0.15) is 19.3 Å². The Kier molecular flexibility index (Phi) is 5.81. The zero-order chi connectivity index (χ0) is 19.6. The number of hydrogen-bond acceptors (Lipinski definition) is 6. The normalized spacial score (nSPS) is 16.0. The van der Waals surface area contributed by atoms with Crippen molar-refractivity contribution in [3.05, 3.63) is 33.5 Å². The molecule has 0 amide bonds. The van der Waals surface area contributed by atoms with E-state index in [0.717, 1.165) is 36.9 Å². The molecule has 3 heterocycles. The summed E-state index contributed by atoms with van der Waals surface area (Å²) in [5.41, 5.74) is -0.175. The Morgan fingerprint density at radius 2 is 1.93 bits per heavy atom. The van der Waals surface area contributed by atoms with E-state index < -0.39 is 17.4 Å². The minimum absolute atomic E-state index is 0.122. The maximum atomic E-state index is 12.8. The Morgan fingerprint density at radius 1 is 1.22 bits per heavy atom. The average Bonchev–Trinajstić information content (AvgIpc) is 3.05. The molecular weight excluding hydrogens is 350 g/mol. The van der Waals surface area contributed by atoms with E-state index in [2.05, 4.69) is 16.5 Å². The molecule has 1 fully saturated rings. The van der Waals surface area contributed by atoms with Gasteiger partial charge in [-0.1, -0.05) is 6.08 Å². The number of ether oxygens (including phenoxy) is 1. The van der Waals surface area contributed by atoms with Crippen molar-refractivity contribution in [1.29, 1.82) is 0 Å². The molecule has 0 aliphatic carbocycles. The number of aliphatic hydroxyl groups excluding tert-OH is 1. The largest absolute Gasteiger partial charge is 0.389 e. The highest BCUT2D eigenvalue weighted by molar-refractivity contribution is 5.74. The standard InChI is InChI=1S/C18H27N5O4/c1-4-10-27-12-13(24)11-23-14-15(20(2)18(26)21(3)16(14)25)19-17(23)22-8-6-5-7-9-22/h4,13,24H,1,5-12H2,2-3H3/t13-/m1/s1. The lowest BCUT2D eigenvalue weighted by molar-refractivity contribution is 0.0404. The molecule has 9 nitrogen and oxygen atoms in total. The summed E-state index contributed by atoms with van der Waals surface area (Å²) in [6.45, 7) is 5.88. The van der Waals surface area contributed by atoms with Crippen LogP contribution in [0, 0.1) is 0 Å². The van der Waals surface area contributed by atoms with Crippen molar-refractivity contribution >= 4 is 17.1 Å². The predicted molar refractivity (Wildman–Crippen MR) is 103 cm³/mol. The van der Waals surface area contributed by atoms with Crippen LogP contribution in [0.15, 0.2) is 22.2 Å². The Balaban J connectivity index is 2.10. The molecule has 1 aliphatic heterocycles. The van der Waals surface area contributed by atoms with Crippen molar-refractivity contribution in [2.75, 3.05) is 31.2 Å². The minimum atomic E-state index is -0.812. The minimum Gasteiger partial charge on any atom is -0.389 e. The molecule has 148 valence electrons. The van der Waals surface area contributed by atoms with Crippen molar-refractivity contribution in [2.24, 2.45) is 14.1 Å². The number of fused-ring (bicyclic) bond motifs is 1. The van der Waals surface area contributed by atoms with Crippen molar-refractivity contribution < 1.29 is 9.84 Å². The number of imidazole rings is 1. The van der Waals surface area contributed by atoms with E-state index in [0.29, 0.717) is 23.7 Å². The van der Waals surface area contributed by atoms with Crippen LogP contribution in [0.2, 0.25) is 0 Å². The van der Waals surface area contributed by atoms with Gasteiger partial charge in [-0.3, -0.25) is 13.9 Å². The van der Waals surface area contributed by atoms with Crippen LogP contribution in [0.5, 0.6) is 0 Å². The van der Waals surface area contributed by atoms with Gasteiger partial charge in [0.15, 0.2) is 11.2 Å². The lowest BCUT2D eigenvalue weighted by Crippen LogP contribution is -2.38. The van der Waals surface area contributed by atoms with Gasteiger partial charge in [0.2, 0.25) is 5.95 Å². The second-order valence-electron chi connectivity index (χ2n) is 6.93. The van der Waals surface area contributed by atoms with Crippen LogP contribution < -0.4 is 16.1 Å². The van der Waals surface area contributed by atoms with Gasteiger partial charge in [-0.25, -0.2) is 4.79 Å². The molecule has 1 aliphatic rings. The second kappa shape index (κ2) is 8.10. The number of aryl methyl sites for hydroxylation is 1. The van der Waals surface area contributed by atoms with Gasteiger partial charge in [0.25, 0.3) is 5.56 Å². The van der Waals surface area contributed by atoms with E-state index in [1.165, 1.54) is 11.6 Å². The van der Waals surface area contributed by atoms with Crippen molar-refractivity contribution in [2.45, 2.75) is 31.9 Å². The molecule has 1 saturated heterocycles. The zero-order valence-corrected chi connectivity index (χ0v) is 15.9. The Hall–Kier alpha value is -2.39. The Labute approximate surface area is 157 Å². The number of anilines is 1. The molecule has 0 unspecified atom stereocenters. The fourth-order valence-electron chi connectivity index (χ4n) is 3.49. The highest BCUT2D eigenvalue weighted by Crippen LogP contribution is 2.23. The van der Waals surface area contributed by atoms with Crippen LogP contribution in [-0.2, 0) is 25.4 Å². The molecule has 1 N–H and O–H groups in total. The lowest BCUT2D eigenvalue weighted by Gasteiger charge is -2.28. The van der Waals surface area contributed by atoms with Crippen LogP contribution >= 0.6 is 0 Å². The van der Waals surface area contributed by atoms with Gasteiger partial charge in [-0.05, 0) is 19.3 Å². The first kappa shape index (κ1) is 19.4. The molecule has 0 radical (unpaired) electrons. The number of piperidine rings is 1. The fourth-order valence-corrected chi connectivity index (χ4v) is 3.49. The number of aliphatic hydroxyl groups is 1. The third kappa shape index (κ3) is 3.70. The van der Waals surface area contributed by atoms with Crippen molar-refractivity contribution in [3.63, 3.8) is 0 Å². The third-order valence-corrected chi connectivity index (χ3v) is 4.91. The van der Waals surface area contributed by atoms with Crippen molar-refractivity contribution in [1.82, 2.24) is 18.7 Å². The molecule has 9 heteroatoms. The monoisotopic (exact) mass is 377 g/mol. The quantitative estimate of drug-likeness (QED) is 0.539. The number of aromatic nitrogens is 4. The SMILES string of the molecule is C=CCOC[C@H](O)Cn1c(N2CCCCC2)nc2c1c(=O)n(C)c(=O)n2C. The van der Waals surface area contributed by atoms with Gasteiger partial charge in [-0.15, -0.1) is 6.58 Å². The summed E-state index contributed by atoms with van der Waals surface area (Å²) in [5, 5.41) is 10.4. The van der Waals surface area contributed by atoms with E-state index in [9.17, 15) is 14.7 Å². The van der Waals surface area contributed by atoms with Gasteiger partial charge in [0, 0.05) is 27.2 Å². The highest BCUT2D eigenvalue weighted by Gasteiger charge is 2.25. The van der Waals surface area contributed by atoms with E-state index in [1.807, 2.05) is 0 Å². The molecule has 3 rings (SSSR count). The maximum Gasteiger partial charge on any atom is 0.332 e. The summed E-state index contributed by atoms with van der Waals surface area (Å²) in [6.07, 6.45) is 4.06. The molecule has 0 aromatic carbocycles. The van der Waals surface area contributed by atoms with Gasteiger partial charge in [-0.2, -0.15) is 4.98 Å². The molecule has 0 bridgehead atoms. The number of rotatable bonds is 7. The third-order valence-electron chi connectivity index (χ3n) is 4.91. The summed E-state index contributed by atoms with van der Waals surface area (Å²) in [6, 6.07) is 0. The molecule has 0 saturated carbocycles. The van der Waals surface area contributed by atoms with Crippen LogP contribution in [0.3, 0.4) is 0 Å². The van der Waals surface area contributed by atoms with Gasteiger partial charge >= 0.3 is 5.69 Å². The summed E-state index contributed by atoms with van der Waals surface area (Å²) >= 11 is 0. The first-order valence-electron chi connectivity index (χ1n) is 9.23. The number of nitrogens with zero attached hydrogens (tertiary/aromatic N) is 5. The molecule has 2 aromatic heterocycles. The van der Waals surface area contributed by atoms with Gasteiger partial charge in [0.05, 0.1) is 25.9 Å². The summed E-state index contributed by atoms with van der Waals surface area (Å²) in [7, 11) is 3.05. The predicted octanol–water partition coefficient (Wildman–Crippen LogP) is -0.0125. The molecular formula is C18H27N5O4. The lowest BCUT2D eigenvalue weighted by atomic mass is 10.1. The van der Waals surface area contributed by atoms with Crippen LogP contribution in [0.4, 0.5) is 5.95 Å². The van der Waals surface area contributed by atoms with Gasteiger partial charge < -0.3 is 19.3 Å². The maximum absolute atomic E-state index is 12.8. The number of hydrogen-bond donors (Lipinski definition) is 1. The second-order valence-corrected chi connectivity index (χ2v) is 6.93. The smallest absolute Gasteiger partial charge is 0.332 e. The van der Waals surface area contributed by atoms with Crippen LogP contribution in [-0.4, -0.2) is 56.2 Å². The molecule has 27 heavy (non-hydrogen) atoms. The molecule has 1 atom stereocenters. The first-order chi connectivity index (χ1) is 13.0. The average molecular weight is 377 g/mol. The summed E-state index contributed by atoms with van der Waals surface area (Å²) < 4.78 is 9.51.